The van der Waals surface area contributed by atoms with E-state index in [9.17, 15) is 0 Å². The number of benzene rings is 1. The summed E-state index contributed by atoms with van der Waals surface area (Å²) >= 11 is 1.82. The zero-order valence-electron chi connectivity index (χ0n) is 13.8. The van der Waals surface area contributed by atoms with E-state index in [1.807, 2.05) is 18.4 Å². The van der Waals surface area contributed by atoms with E-state index in [1.165, 1.54) is 16.9 Å². The molecule has 0 spiro atoms. The Morgan fingerprint density at radius 3 is 2.74 bits per heavy atom. The van der Waals surface area contributed by atoms with Crippen molar-refractivity contribution in [2.75, 3.05) is 20.1 Å². The number of hydrogen-bond donors (Lipinski definition) is 2. The van der Waals surface area contributed by atoms with Crippen molar-refractivity contribution in [1.82, 2.24) is 10.6 Å². The van der Waals surface area contributed by atoms with E-state index in [1.54, 1.807) is 0 Å². The van der Waals surface area contributed by atoms with Gasteiger partial charge in [0.05, 0.1) is 0 Å². The minimum absolute atomic E-state index is 0.506. The van der Waals surface area contributed by atoms with E-state index in [0.29, 0.717) is 11.8 Å². The first-order valence-electron chi connectivity index (χ1n) is 8.30. The lowest BCUT2D eigenvalue weighted by Gasteiger charge is -2.15. The van der Waals surface area contributed by atoms with Crippen LogP contribution >= 0.6 is 11.3 Å². The Morgan fingerprint density at radius 1 is 1.22 bits per heavy atom. The summed E-state index contributed by atoms with van der Waals surface area (Å²) in [5.41, 5.74) is 1.47. The van der Waals surface area contributed by atoms with Crippen molar-refractivity contribution in [2.45, 2.75) is 25.2 Å². The van der Waals surface area contributed by atoms with Crippen molar-refractivity contribution in [3.8, 4) is 0 Å². The van der Waals surface area contributed by atoms with Crippen LogP contribution in [0.3, 0.4) is 0 Å². The predicted octanol–water partition coefficient (Wildman–Crippen LogP) is 3.82. The maximum absolute atomic E-state index is 4.34. The van der Waals surface area contributed by atoms with Crippen molar-refractivity contribution in [3.63, 3.8) is 0 Å². The molecule has 2 N–H and O–H groups in total. The first-order valence-corrected chi connectivity index (χ1v) is 9.18. The van der Waals surface area contributed by atoms with Gasteiger partial charge in [0.15, 0.2) is 5.96 Å². The second-order valence-electron chi connectivity index (χ2n) is 6.26. The van der Waals surface area contributed by atoms with E-state index < -0.39 is 0 Å². The number of nitrogens with one attached hydrogen (secondary N) is 2. The zero-order chi connectivity index (χ0) is 16.1. The van der Waals surface area contributed by atoms with Crippen molar-refractivity contribution in [2.24, 2.45) is 10.9 Å². The number of nitrogens with zero attached hydrogens (tertiary/aromatic N) is 1. The standard InChI is InChI=1S/C19H25N3S/c1-14(18-9-6-10-23-18)12-21-19(20-2)22-13-16-11-17(16)15-7-4-3-5-8-15/h3-10,14,16-17H,11-13H2,1-2H3,(H2,20,21,22). The van der Waals surface area contributed by atoms with E-state index >= 15 is 0 Å². The summed E-state index contributed by atoms with van der Waals surface area (Å²) < 4.78 is 0. The molecule has 1 aromatic heterocycles. The molecule has 2 aromatic rings. The van der Waals surface area contributed by atoms with Crippen molar-refractivity contribution in [1.29, 1.82) is 0 Å². The van der Waals surface area contributed by atoms with Gasteiger partial charge in [-0.2, -0.15) is 0 Å². The lowest BCUT2D eigenvalue weighted by Crippen LogP contribution is -2.40. The molecule has 3 unspecified atom stereocenters. The molecule has 3 rings (SSSR count). The predicted molar refractivity (Wildman–Crippen MR) is 99.4 cm³/mol. The maximum atomic E-state index is 4.34. The summed E-state index contributed by atoms with van der Waals surface area (Å²) in [6.07, 6.45) is 1.28. The van der Waals surface area contributed by atoms with Crippen LogP contribution in [0.2, 0.25) is 0 Å². The molecule has 0 amide bonds. The van der Waals surface area contributed by atoms with Crippen LogP contribution in [0.15, 0.2) is 52.8 Å². The molecule has 1 heterocycles. The van der Waals surface area contributed by atoms with Crippen LogP contribution < -0.4 is 10.6 Å². The van der Waals surface area contributed by atoms with E-state index in [4.69, 9.17) is 0 Å². The fraction of sp³-hybridized carbons (Fsp3) is 0.421. The van der Waals surface area contributed by atoms with Gasteiger partial charge < -0.3 is 10.6 Å². The Kier molecular flexibility index (Phi) is 5.34. The van der Waals surface area contributed by atoms with Gasteiger partial charge in [-0.3, -0.25) is 4.99 Å². The number of hydrogen-bond acceptors (Lipinski definition) is 2. The Balaban J connectivity index is 1.41. The van der Waals surface area contributed by atoms with Crippen molar-refractivity contribution < 1.29 is 0 Å². The summed E-state index contributed by atoms with van der Waals surface area (Å²) in [6.45, 7) is 4.15. The third-order valence-electron chi connectivity index (χ3n) is 4.51. The lowest BCUT2D eigenvalue weighted by molar-refractivity contribution is 0.685. The molecule has 3 atom stereocenters. The minimum atomic E-state index is 0.506. The highest BCUT2D eigenvalue weighted by atomic mass is 32.1. The van der Waals surface area contributed by atoms with Gasteiger partial charge in [-0.05, 0) is 35.3 Å². The Morgan fingerprint density at radius 2 is 2.04 bits per heavy atom. The third-order valence-corrected chi connectivity index (χ3v) is 5.61. The molecule has 0 bridgehead atoms. The molecule has 122 valence electrons. The molecule has 23 heavy (non-hydrogen) atoms. The van der Waals surface area contributed by atoms with Gasteiger partial charge >= 0.3 is 0 Å². The van der Waals surface area contributed by atoms with Gasteiger partial charge in [0.25, 0.3) is 0 Å². The van der Waals surface area contributed by atoms with Crippen molar-refractivity contribution >= 4 is 17.3 Å². The smallest absolute Gasteiger partial charge is 0.191 e. The molecule has 1 aromatic carbocycles. The molecule has 1 fully saturated rings. The summed E-state index contributed by atoms with van der Waals surface area (Å²) in [5.74, 6) is 2.86. The molecule has 0 aliphatic heterocycles. The van der Waals surface area contributed by atoms with Crippen LogP contribution in [-0.2, 0) is 0 Å². The van der Waals surface area contributed by atoms with Crippen LogP contribution in [0, 0.1) is 5.92 Å². The molecule has 0 saturated heterocycles. The SMILES string of the molecule is CN=C(NCC(C)c1cccs1)NCC1CC1c1ccccc1. The van der Waals surface area contributed by atoms with E-state index in [0.717, 1.165) is 25.0 Å². The van der Waals surface area contributed by atoms with Gasteiger partial charge in [0.1, 0.15) is 0 Å². The van der Waals surface area contributed by atoms with Crippen molar-refractivity contribution in [3.05, 3.63) is 58.3 Å². The zero-order valence-corrected chi connectivity index (χ0v) is 14.6. The van der Waals surface area contributed by atoms with Crippen LogP contribution in [0.5, 0.6) is 0 Å². The summed E-state index contributed by atoms with van der Waals surface area (Å²) in [7, 11) is 1.84. The van der Waals surface area contributed by atoms with Gasteiger partial charge in [0, 0.05) is 30.9 Å². The summed E-state index contributed by atoms with van der Waals surface area (Å²) in [5, 5.41) is 9.05. The topological polar surface area (TPSA) is 36.4 Å². The molecule has 3 nitrogen and oxygen atoms in total. The van der Waals surface area contributed by atoms with E-state index in [2.05, 4.69) is 70.4 Å². The average Bonchev–Trinajstić information content (AvgIpc) is 3.16. The number of rotatable bonds is 6. The van der Waals surface area contributed by atoms with Crippen LogP contribution in [0.4, 0.5) is 0 Å². The summed E-state index contributed by atoms with van der Waals surface area (Å²) in [4.78, 5) is 5.75. The molecule has 4 heteroatoms. The maximum Gasteiger partial charge on any atom is 0.191 e. The van der Waals surface area contributed by atoms with Crippen LogP contribution in [0.1, 0.15) is 35.6 Å². The van der Waals surface area contributed by atoms with E-state index in [-0.39, 0.29) is 0 Å². The quantitative estimate of drug-likeness (QED) is 0.625. The first-order chi connectivity index (χ1) is 11.3. The molecule has 1 aliphatic rings. The Hall–Kier alpha value is -1.81. The monoisotopic (exact) mass is 327 g/mol. The number of guanidine groups is 1. The lowest BCUT2D eigenvalue weighted by atomic mass is 10.1. The largest absolute Gasteiger partial charge is 0.356 e. The normalized spacial score (nSPS) is 21.7. The van der Waals surface area contributed by atoms with Gasteiger partial charge in [-0.15, -0.1) is 11.3 Å². The number of aliphatic imine (C=N–C) groups is 1. The molecular weight excluding hydrogens is 302 g/mol. The second kappa shape index (κ2) is 7.64. The third kappa shape index (κ3) is 4.35. The summed E-state index contributed by atoms with van der Waals surface area (Å²) in [6, 6.07) is 15.1. The fourth-order valence-corrected chi connectivity index (χ4v) is 3.74. The average molecular weight is 327 g/mol. The highest BCUT2D eigenvalue weighted by Gasteiger charge is 2.37. The van der Waals surface area contributed by atoms with Gasteiger partial charge in [0.2, 0.25) is 0 Å². The van der Waals surface area contributed by atoms with Crippen LogP contribution in [0.25, 0.3) is 0 Å². The van der Waals surface area contributed by atoms with Gasteiger partial charge in [-0.25, -0.2) is 0 Å². The Bertz CT molecular complexity index is 621. The molecular formula is C19H25N3S. The Labute approximate surface area is 142 Å². The van der Waals surface area contributed by atoms with Gasteiger partial charge in [-0.1, -0.05) is 43.3 Å². The number of thiophene rings is 1. The molecule has 1 saturated carbocycles. The fourth-order valence-electron chi connectivity index (χ4n) is 2.95. The highest BCUT2D eigenvalue weighted by Crippen LogP contribution is 2.46. The molecule has 0 radical (unpaired) electrons. The molecule has 1 aliphatic carbocycles. The first kappa shape index (κ1) is 16.1. The minimum Gasteiger partial charge on any atom is -0.356 e. The van der Waals surface area contributed by atoms with Crippen LogP contribution in [-0.4, -0.2) is 26.1 Å². The second-order valence-corrected chi connectivity index (χ2v) is 7.24. The highest BCUT2D eigenvalue weighted by molar-refractivity contribution is 7.10.